The predicted molar refractivity (Wildman–Crippen MR) is 534 cm³/mol. The van der Waals surface area contributed by atoms with E-state index in [0.29, 0.717) is 0 Å². The van der Waals surface area contributed by atoms with Gasteiger partial charge in [0, 0.05) is 117 Å². The summed E-state index contributed by atoms with van der Waals surface area (Å²) in [5.41, 5.74) is 27.6. The second-order valence-corrected chi connectivity index (χ2v) is 34.3. The average Bonchev–Trinajstić information content (AvgIpc) is 1.55. The summed E-state index contributed by atoms with van der Waals surface area (Å²) in [6.45, 7) is 0. The van der Waals surface area contributed by atoms with Gasteiger partial charge >= 0.3 is 0 Å². The number of hydrogen-bond donors (Lipinski definition) is 1. The Bertz CT molecular complexity index is 7860. The van der Waals surface area contributed by atoms with Crippen molar-refractivity contribution in [3.63, 3.8) is 0 Å². The topological polar surface area (TPSA) is 25.1 Å². The zero-order valence-corrected chi connectivity index (χ0v) is 70.1. The quantitative estimate of drug-likeness (QED) is 0.124. The van der Waals surface area contributed by atoms with Crippen LogP contribution >= 0.6 is 38.6 Å². The Labute approximate surface area is 729 Å². The summed E-state index contributed by atoms with van der Waals surface area (Å²) >= 11 is 7.40. The molecule has 0 aliphatic heterocycles. The molecule has 4 heterocycles. The minimum Gasteiger partial charge on any atom is -0.356 e. The summed E-state index contributed by atoms with van der Waals surface area (Å²) in [5, 5.41) is 18.8. The van der Waals surface area contributed by atoms with Crippen LogP contribution in [-0.4, -0.2) is 9.13 Å². The lowest BCUT2D eigenvalue weighted by Gasteiger charge is -2.26. The third kappa shape index (κ3) is 14.1. The zero-order valence-electron chi connectivity index (χ0n) is 66.9. The normalized spacial score (nSPS) is 11.5. The van der Waals surface area contributed by atoms with Crippen LogP contribution in [0.5, 0.6) is 0 Å². The number of nitrogens with one attached hydrogen (secondary N) is 1. The minimum absolute atomic E-state index is 1.09. The first-order chi connectivity index (χ1) is 60.9. The summed E-state index contributed by atoms with van der Waals surface area (Å²) in [7, 11) is 0. The van der Waals surface area contributed by atoms with Crippen molar-refractivity contribution < 1.29 is 0 Å². The van der Waals surface area contributed by atoms with Crippen LogP contribution in [0.2, 0.25) is 0 Å². The Morgan fingerprint density at radius 2 is 0.520 bits per heavy atom. The van der Waals surface area contributed by atoms with Gasteiger partial charge in [0.25, 0.3) is 0 Å². The lowest BCUT2D eigenvalue weighted by molar-refractivity contribution is 1.19. The van der Waals surface area contributed by atoms with Crippen LogP contribution in [-0.2, 0) is 0 Å². The first kappa shape index (κ1) is 74.3. The molecule has 0 unspecified atom stereocenters. The fourth-order valence-corrected chi connectivity index (χ4v) is 20.7. The van der Waals surface area contributed by atoms with Crippen LogP contribution in [0.15, 0.2) is 466 Å². The van der Waals surface area contributed by atoms with E-state index in [1.54, 1.807) is 0 Å². The second-order valence-electron chi connectivity index (χ2n) is 31.2. The first-order valence-corrected chi connectivity index (χ1v) is 44.1. The maximum atomic E-state index is 3.61. The molecule has 0 atom stereocenters. The molecule has 0 fully saturated rings. The van der Waals surface area contributed by atoms with Crippen molar-refractivity contribution in [2.75, 3.05) is 10.2 Å². The highest BCUT2D eigenvalue weighted by Gasteiger charge is 2.25. The maximum Gasteiger partial charge on any atom is 0.0634 e. The molecule has 24 aromatic rings. The molecule has 0 saturated heterocycles. The number of nitrogens with zero attached hydrogens (tertiary/aromatic N) is 3. The number of fused-ring (bicyclic) bond motifs is 16. The van der Waals surface area contributed by atoms with Gasteiger partial charge in [0.1, 0.15) is 0 Å². The summed E-state index contributed by atoms with van der Waals surface area (Å²) < 4.78 is 11.3. The molecular formula is C116H77BrN4S2. The lowest BCUT2D eigenvalue weighted by atomic mass is 9.98. The molecule has 4 nitrogen and oxygen atoms in total. The van der Waals surface area contributed by atoms with Crippen molar-refractivity contribution >= 4 is 173 Å². The summed E-state index contributed by atoms with van der Waals surface area (Å²) in [6.07, 6.45) is 0. The van der Waals surface area contributed by atoms with Gasteiger partial charge in [0.15, 0.2) is 0 Å². The van der Waals surface area contributed by atoms with Crippen molar-refractivity contribution in [1.82, 2.24) is 9.13 Å². The smallest absolute Gasteiger partial charge is 0.0634 e. The van der Waals surface area contributed by atoms with E-state index in [9.17, 15) is 0 Å². The van der Waals surface area contributed by atoms with Gasteiger partial charge in [-0.2, -0.15) is 0 Å². The Morgan fingerprint density at radius 3 is 0.894 bits per heavy atom. The Morgan fingerprint density at radius 1 is 0.228 bits per heavy atom. The number of aromatic nitrogens is 2. The Balaban J connectivity index is 0.000000123. The lowest BCUT2D eigenvalue weighted by Crippen LogP contribution is -2.09. The van der Waals surface area contributed by atoms with E-state index < -0.39 is 0 Å². The van der Waals surface area contributed by atoms with Crippen molar-refractivity contribution in [1.29, 1.82) is 0 Å². The molecule has 20 aromatic carbocycles. The van der Waals surface area contributed by atoms with Crippen LogP contribution < -0.4 is 10.2 Å². The highest BCUT2D eigenvalue weighted by atomic mass is 79.9. The van der Waals surface area contributed by atoms with E-state index in [4.69, 9.17) is 0 Å². The second kappa shape index (κ2) is 32.3. The predicted octanol–water partition coefficient (Wildman–Crippen LogP) is 34.3. The largest absolute Gasteiger partial charge is 0.356 e. The third-order valence-electron chi connectivity index (χ3n) is 23.9. The van der Waals surface area contributed by atoms with E-state index in [0.717, 1.165) is 32.9 Å². The molecule has 123 heavy (non-hydrogen) atoms. The molecule has 0 aliphatic carbocycles. The number of benzene rings is 20. The number of hydrogen-bond acceptors (Lipinski definition) is 4. The average molecular weight is 1670 g/mol. The molecule has 0 bridgehead atoms. The molecule has 4 aromatic heterocycles. The fraction of sp³-hybridized carbons (Fsp3) is 0. The van der Waals surface area contributed by atoms with Gasteiger partial charge in [-0.25, -0.2) is 0 Å². The fourth-order valence-electron chi connectivity index (χ4n) is 17.9. The van der Waals surface area contributed by atoms with Gasteiger partial charge in [0.05, 0.1) is 22.1 Å². The highest BCUT2D eigenvalue weighted by Crippen LogP contribution is 2.51. The van der Waals surface area contributed by atoms with E-state index in [2.05, 4.69) is 484 Å². The van der Waals surface area contributed by atoms with Gasteiger partial charge < -0.3 is 19.4 Å². The molecule has 580 valence electrons. The summed E-state index contributed by atoms with van der Waals surface area (Å²) in [4.78, 5) is 2.36. The monoisotopic (exact) mass is 1670 g/mol. The molecular weight excluding hydrogens is 1590 g/mol. The van der Waals surface area contributed by atoms with Gasteiger partial charge in [-0.3, -0.25) is 0 Å². The van der Waals surface area contributed by atoms with Gasteiger partial charge in [-0.1, -0.05) is 344 Å². The van der Waals surface area contributed by atoms with Crippen LogP contribution in [0.4, 0.5) is 28.4 Å². The molecule has 24 rings (SSSR count). The third-order valence-corrected chi connectivity index (χ3v) is 26.8. The van der Waals surface area contributed by atoms with E-state index in [-0.39, 0.29) is 0 Å². The molecule has 1 N–H and O–H groups in total. The van der Waals surface area contributed by atoms with Crippen LogP contribution in [0.3, 0.4) is 0 Å². The Kier molecular flexibility index (Phi) is 19.5. The standard InChI is InChI=1S/C58H38N2S.C34H20BrNS.C24H19N/c1-3-13-39(14-4-1)42-23-30-46(31-24-42)59(47-32-25-43(26-33-47)40-15-5-2-6-16-40)48-34-28-44(29-35-48)52-38-53-50-19-9-11-21-54(50)60(49-36-27-41-17-7-8-18-45(41)37-49)57(53)56-51-20-10-12-22-55(51)61-58(52)56;35-24-16-13-22(14-17-24)28-20-29-26-9-3-5-11-30(26)36(25-18-15-21-7-1-2-8-23(21)19-25)33(29)32-27-10-4-6-12-31(27)37-34(28)32;1-3-7-19(8-4-1)21-11-15-23(16-12-21)25-24-17-13-22(14-18-24)20-9-5-2-6-10-20/h1-38H;1-20H;1-18,25H. The van der Waals surface area contributed by atoms with Crippen LogP contribution in [0.25, 0.3) is 184 Å². The van der Waals surface area contributed by atoms with Crippen molar-refractivity contribution in [3.05, 3.63) is 466 Å². The van der Waals surface area contributed by atoms with Crippen molar-refractivity contribution in [2.24, 2.45) is 0 Å². The van der Waals surface area contributed by atoms with Gasteiger partial charge in [-0.15, -0.1) is 22.7 Å². The number of anilines is 5. The molecule has 7 heteroatoms. The number of para-hydroxylation sites is 2. The van der Waals surface area contributed by atoms with Crippen LogP contribution in [0, 0.1) is 0 Å². The summed E-state index contributed by atoms with van der Waals surface area (Å²) in [5.74, 6) is 0. The molecule has 0 saturated carbocycles. The molecule has 0 spiro atoms. The molecule has 0 amide bonds. The maximum absolute atomic E-state index is 3.61. The van der Waals surface area contributed by atoms with E-state index >= 15 is 0 Å². The summed E-state index contributed by atoms with van der Waals surface area (Å²) in [6, 6.07) is 166. The van der Waals surface area contributed by atoms with E-state index in [1.807, 2.05) is 34.8 Å². The van der Waals surface area contributed by atoms with Crippen molar-refractivity contribution in [2.45, 2.75) is 0 Å². The van der Waals surface area contributed by atoms with Gasteiger partial charge in [-0.05, 0) is 211 Å². The highest BCUT2D eigenvalue weighted by molar-refractivity contribution is 9.10. The molecule has 0 radical (unpaired) electrons. The number of halogens is 1. The zero-order chi connectivity index (χ0) is 81.7. The van der Waals surface area contributed by atoms with Crippen molar-refractivity contribution in [3.8, 4) is 78.1 Å². The SMILES string of the molecule is Brc1ccc(-c2cc3c4ccccc4n(-c4ccc5ccccc5c4)c3c3c2sc2ccccc23)cc1.c1ccc(-c2ccc(N(c3ccc(-c4ccccc4)cc3)c3ccc(-c4cc5c6ccccc6n(-c6ccc7ccccc7c6)c5c5c4sc4ccccc45)cc3)cc2)cc1.c1ccc(-c2ccc(Nc3ccc(-c4ccccc4)cc3)cc2)cc1. The van der Waals surface area contributed by atoms with E-state index in [1.165, 1.54) is 184 Å². The number of rotatable bonds is 13. The minimum atomic E-state index is 1.09. The van der Waals surface area contributed by atoms with Crippen LogP contribution in [0.1, 0.15) is 0 Å². The first-order valence-electron chi connectivity index (χ1n) is 41.7. The number of thiophene rings is 2. The van der Waals surface area contributed by atoms with Gasteiger partial charge in [0.2, 0.25) is 0 Å². The molecule has 0 aliphatic rings. The Hall–Kier alpha value is -15.0.